The van der Waals surface area contributed by atoms with Crippen molar-refractivity contribution in [1.29, 1.82) is 0 Å². The Morgan fingerprint density at radius 2 is 1.85 bits per heavy atom. The number of benzene rings is 1. The van der Waals surface area contributed by atoms with E-state index in [9.17, 15) is 13.2 Å². The van der Waals surface area contributed by atoms with E-state index in [0.29, 0.717) is 12.5 Å². The molecule has 72 valence electrons. The predicted molar refractivity (Wildman–Crippen MR) is 45.1 cm³/mol. The minimum Gasteiger partial charge on any atom is -0.396 e. The highest BCUT2D eigenvalue weighted by molar-refractivity contribution is 5.51. The Morgan fingerprint density at radius 3 is 2.31 bits per heavy atom. The second kappa shape index (κ2) is 2.94. The van der Waals surface area contributed by atoms with Crippen LogP contribution in [-0.4, -0.2) is 0 Å². The van der Waals surface area contributed by atoms with Crippen molar-refractivity contribution in [3.05, 3.63) is 29.1 Å². The minimum absolute atomic E-state index is 0.434. The lowest BCUT2D eigenvalue weighted by molar-refractivity contribution is 0.0180. The molecule has 13 heavy (non-hydrogen) atoms. The first kappa shape index (κ1) is 9.89. The van der Waals surface area contributed by atoms with Gasteiger partial charge in [-0.05, 0) is 24.6 Å². The highest BCUT2D eigenvalue weighted by Gasteiger charge is 2.28. The topological polar surface area (TPSA) is 26.0 Å². The molecule has 1 nitrogen and oxygen atoms in total. The molecule has 0 saturated heterocycles. The van der Waals surface area contributed by atoms with Gasteiger partial charge in [-0.3, -0.25) is 0 Å². The number of nitrogen functional groups attached to an aromatic ring is 1. The molecule has 0 fully saturated rings. The van der Waals surface area contributed by atoms with Gasteiger partial charge in [0.1, 0.15) is 5.82 Å². The van der Waals surface area contributed by atoms with Crippen molar-refractivity contribution in [2.75, 3.05) is 5.73 Å². The lowest BCUT2D eigenvalue weighted by Gasteiger charge is -2.14. The maximum atomic E-state index is 12.9. The first-order valence-electron chi connectivity index (χ1n) is 3.76. The molecule has 4 heteroatoms. The summed E-state index contributed by atoms with van der Waals surface area (Å²) in [7, 11) is 0. The maximum absolute atomic E-state index is 12.9. The monoisotopic (exact) mass is 189 g/mol. The Hall–Kier alpha value is -1.19. The van der Waals surface area contributed by atoms with Crippen LogP contribution in [0.15, 0.2) is 12.1 Å². The molecule has 1 aromatic carbocycles. The summed E-state index contributed by atoms with van der Waals surface area (Å²) in [5, 5.41) is 0. The second-order valence-electron chi connectivity index (χ2n) is 3.10. The molecule has 0 aliphatic heterocycles. The largest absolute Gasteiger partial charge is 0.396 e. The van der Waals surface area contributed by atoms with Crippen LogP contribution < -0.4 is 5.73 Å². The summed E-state index contributed by atoms with van der Waals surface area (Å²) in [6, 6.07) is 2.32. The number of nitrogens with two attached hydrogens (primary N) is 1. The van der Waals surface area contributed by atoms with E-state index in [1.54, 1.807) is 0 Å². The van der Waals surface area contributed by atoms with Gasteiger partial charge in [-0.2, -0.15) is 0 Å². The second-order valence-corrected chi connectivity index (χ2v) is 3.10. The fourth-order valence-corrected chi connectivity index (χ4v) is 1.12. The molecule has 0 saturated carbocycles. The van der Waals surface area contributed by atoms with Crippen LogP contribution in [-0.2, 0) is 5.92 Å². The van der Waals surface area contributed by atoms with Crippen molar-refractivity contribution in [2.24, 2.45) is 0 Å². The molecule has 0 amide bonds. The van der Waals surface area contributed by atoms with Crippen LogP contribution in [0.5, 0.6) is 0 Å². The Kier molecular flexibility index (Phi) is 2.24. The summed E-state index contributed by atoms with van der Waals surface area (Å²) in [5.74, 6) is -3.90. The summed E-state index contributed by atoms with van der Waals surface area (Å²) < 4.78 is 38.6. The molecule has 1 rings (SSSR count). The van der Waals surface area contributed by atoms with Crippen LogP contribution >= 0.6 is 0 Å². The van der Waals surface area contributed by atoms with Crippen molar-refractivity contribution < 1.29 is 13.2 Å². The summed E-state index contributed by atoms with van der Waals surface area (Å²) in [5.41, 5.74) is 4.69. The van der Waals surface area contributed by atoms with E-state index in [0.717, 1.165) is 6.07 Å². The number of halogens is 3. The lowest BCUT2D eigenvalue weighted by atomic mass is 10.0. The molecule has 0 radical (unpaired) electrons. The molecular formula is C9H10F3N. The lowest BCUT2D eigenvalue weighted by Crippen LogP contribution is -2.12. The number of anilines is 1. The van der Waals surface area contributed by atoms with Gasteiger partial charge in [-0.25, -0.2) is 13.2 Å². The third-order valence-electron chi connectivity index (χ3n) is 1.75. The molecule has 0 aromatic heterocycles. The molecular weight excluding hydrogens is 179 g/mol. The van der Waals surface area contributed by atoms with Crippen LogP contribution in [0.25, 0.3) is 0 Å². The maximum Gasteiger partial charge on any atom is 0.272 e. The fourth-order valence-electron chi connectivity index (χ4n) is 1.12. The van der Waals surface area contributed by atoms with Gasteiger partial charge in [-0.1, -0.05) is 0 Å². The zero-order valence-electron chi connectivity index (χ0n) is 7.37. The molecule has 0 heterocycles. The van der Waals surface area contributed by atoms with Gasteiger partial charge in [0.2, 0.25) is 0 Å². The quantitative estimate of drug-likeness (QED) is 0.675. The Balaban J connectivity index is 3.37. The first-order chi connectivity index (χ1) is 5.82. The Labute approximate surface area is 74.4 Å². The van der Waals surface area contributed by atoms with Crippen LogP contribution in [0.2, 0.25) is 0 Å². The molecule has 0 atom stereocenters. The van der Waals surface area contributed by atoms with E-state index in [4.69, 9.17) is 5.73 Å². The Bertz CT molecular complexity index is 328. The normalized spacial score (nSPS) is 11.8. The smallest absolute Gasteiger partial charge is 0.272 e. The van der Waals surface area contributed by atoms with Gasteiger partial charge in [-0.15, -0.1) is 0 Å². The molecule has 2 N–H and O–H groups in total. The molecule has 0 aliphatic carbocycles. The van der Waals surface area contributed by atoms with Gasteiger partial charge in [0.15, 0.2) is 0 Å². The van der Waals surface area contributed by atoms with E-state index in [1.807, 2.05) is 0 Å². The average molecular weight is 189 g/mol. The Morgan fingerprint density at radius 1 is 1.31 bits per heavy atom. The van der Waals surface area contributed by atoms with Gasteiger partial charge in [0.05, 0.1) is 5.69 Å². The van der Waals surface area contributed by atoms with Crippen molar-refractivity contribution in [2.45, 2.75) is 19.8 Å². The number of aryl methyl sites for hydroxylation is 1. The fraction of sp³-hybridized carbons (Fsp3) is 0.333. The SMILES string of the molecule is Cc1cc(F)c(N)c(C(C)(F)F)c1. The molecule has 0 spiro atoms. The zero-order valence-corrected chi connectivity index (χ0v) is 7.37. The summed E-state index contributed by atoms with van der Waals surface area (Å²) in [6.45, 7) is 2.23. The van der Waals surface area contributed by atoms with Crippen LogP contribution in [0.4, 0.5) is 18.9 Å². The van der Waals surface area contributed by atoms with Crippen LogP contribution in [0.1, 0.15) is 18.1 Å². The molecule has 0 aliphatic rings. The van der Waals surface area contributed by atoms with Crippen LogP contribution in [0.3, 0.4) is 0 Å². The summed E-state index contributed by atoms with van der Waals surface area (Å²) in [4.78, 5) is 0. The number of hydrogen-bond acceptors (Lipinski definition) is 1. The zero-order chi connectivity index (χ0) is 10.2. The van der Waals surface area contributed by atoms with Gasteiger partial charge in [0, 0.05) is 12.5 Å². The van der Waals surface area contributed by atoms with Crippen molar-refractivity contribution in [3.63, 3.8) is 0 Å². The minimum atomic E-state index is -3.10. The third kappa shape index (κ3) is 1.94. The number of alkyl halides is 2. The van der Waals surface area contributed by atoms with Crippen molar-refractivity contribution in [1.82, 2.24) is 0 Å². The van der Waals surface area contributed by atoms with E-state index in [1.165, 1.54) is 13.0 Å². The summed E-state index contributed by atoms with van der Waals surface area (Å²) in [6.07, 6.45) is 0. The highest BCUT2D eigenvalue weighted by Crippen LogP contribution is 2.33. The van der Waals surface area contributed by atoms with Crippen molar-refractivity contribution >= 4 is 5.69 Å². The van der Waals surface area contributed by atoms with Crippen molar-refractivity contribution in [3.8, 4) is 0 Å². The van der Waals surface area contributed by atoms with E-state index in [-0.39, 0.29) is 0 Å². The molecule has 0 bridgehead atoms. The van der Waals surface area contributed by atoms with Crippen LogP contribution in [0, 0.1) is 12.7 Å². The third-order valence-corrected chi connectivity index (χ3v) is 1.75. The predicted octanol–water partition coefficient (Wildman–Crippen LogP) is 2.83. The number of hydrogen-bond donors (Lipinski definition) is 1. The van der Waals surface area contributed by atoms with E-state index < -0.39 is 23.0 Å². The van der Waals surface area contributed by atoms with Gasteiger partial charge >= 0.3 is 0 Å². The molecule has 0 unspecified atom stereocenters. The van der Waals surface area contributed by atoms with Gasteiger partial charge in [0.25, 0.3) is 5.92 Å². The van der Waals surface area contributed by atoms with Gasteiger partial charge < -0.3 is 5.73 Å². The summed E-state index contributed by atoms with van der Waals surface area (Å²) >= 11 is 0. The first-order valence-corrected chi connectivity index (χ1v) is 3.76. The van der Waals surface area contributed by atoms with E-state index >= 15 is 0 Å². The van der Waals surface area contributed by atoms with E-state index in [2.05, 4.69) is 0 Å². The average Bonchev–Trinajstić information content (AvgIpc) is 1.94. The molecule has 1 aromatic rings. The standard InChI is InChI=1S/C9H10F3N/c1-5-3-6(9(2,11)12)8(13)7(10)4-5/h3-4H,13H2,1-2H3. The number of rotatable bonds is 1. The highest BCUT2D eigenvalue weighted by atomic mass is 19.3.